The second-order valence-electron chi connectivity index (χ2n) is 7.64. The SMILES string of the molecule is CCCN(CCNC(=NC)NCc1nc(C(C)C)cs1)C(=O)OC(C)(C)C. The molecule has 154 valence electrons. The highest BCUT2D eigenvalue weighted by Gasteiger charge is 2.21. The fraction of sp³-hybridized carbons (Fsp3) is 0.737. The van der Waals surface area contributed by atoms with Gasteiger partial charge in [-0.25, -0.2) is 9.78 Å². The first kappa shape index (κ1) is 23.2. The molecule has 1 aromatic heterocycles. The zero-order valence-corrected chi connectivity index (χ0v) is 18.6. The summed E-state index contributed by atoms with van der Waals surface area (Å²) in [4.78, 5) is 22.8. The van der Waals surface area contributed by atoms with Crippen molar-refractivity contribution in [3.8, 4) is 0 Å². The third-order valence-electron chi connectivity index (χ3n) is 3.61. The Bertz CT molecular complexity index is 607. The molecule has 0 fully saturated rings. The van der Waals surface area contributed by atoms with Crippen molar-refractivity contribution in [2.75, 3.05) is 26.7 Å². The van der Waals surface area contributed by atoms with Crippen molar-refractivity contribution in [2.45, 2.75) is 66.0 Å². The van der Waals surface area contributed by atoms with Crippen LogP contribution in [-0.2, 0) is 11.3 Å². The zero-order valence-electron chi connectivity index (χ0n) is 17.8. The Hall–Kier alpha value is -1.83. The first-order valence-corrected chi connectivity index (χ1v) is 10.4. The molecule has 1 rings (SSSR count). The number of ether oxygens (including phenoxy) is 1. The fourth-order valence-corrected chi connectivity index (χ4v) is 3.15. The fourth-order valence-electron chi connectivity index (χ4n) is 2.25. The van der Waals surface area contributed by atoms with Crippen molar-refractivity contribution >= 4 is 23.4 Å². The topological polar surface area (TPSA) is 78.9 Å². The van der Waals surface area contributed by atoms with E-state index in [-0.39, 0.29) is 6.09 Å². The number of rotatable bonds is 8. The average molecular weight is 398 g/mol. The molecule has 0 unspecified atom stereocenters. The molecule has 1 heterocycles. The number of nitrogens with one attached hydrogen (secondary N) is 2. The number of carbonyl (C=O) groups excluding carboxylic acids is 1. The Balaban J connectivity index is 2.46. The summed E-state index contributed by atoms with van der Waals surface area (Å²) in [6.45, 7) is 14.4. The maximum atomic E-state index is 12.3. The van der Waals surface area contributed by atoms with Gasteiger partial charge in [-0.1, -0.05) is 20.8 Å². The number of carbonyl (C=O) groups is 1. The standard InChI is InChI=1S/C19H35N5O2S/c1-8-10-24(18(25)26-19(4,5)6)11-9-21-17(20-7)22-12-16-23-15(13-27-16)14(2)3/h13-14H,8-12H2,1-7H3,(H2,20,21,22). The summed E-state index contributed by atoms with van der Waals surface area (Å²) in [6.07, 6.45) is 0.604. The molecule has 2 N–H and O–H groups in total. The number of amides is 1. The lowest BCUT2D eigenvalue weighted by Gasteiger charge is -2.27. The minimum absolute atomic E-state index is 0.280. The molecule has 0 aliphatic carbocycles. The van der Waals surface area contributed by atoms with Crippen LogP contribution >= 0.6 is 11.3 Å². The van der Waals surface area contributed by atoms with Gasteiger partial charge >= 0.3 is 6.09 Å². The summed E-state index contributed by atoms with van der Waals surface area (Å²) in [5.41, 5.74) is 0.628. The van der Waals surface area contributed by atoms with Crippen LogP contribution in [0.1, 0.15) is 64.6 Å². The molecule has 0 saturated carbocycles. The van der Waals surface area contributed by atoms with Crippen LogP contribution in [-0.4, -0.2) is 54.2 Å². The number of nitrogens with zero attached hydrogens (tertiary/aromatic N) is 3. The highest BCUT2D eigenvalue weighted by Crippen LogP contribution is 2.17. The minimum Gasteiger partial charge on any atom is -0.444 e. The van der Waals surface area contributed by atoms with Gasteiger partial charge in [0.1, 0.15) is 10.6 Å². The molecule has 0 atom stereocenters. The Morgan fingerprint density at radius 3 is 2.56 bits per heavy atom. The van der Waals surface area contributed by atoms with Gasteiger partial charge in [-0.05, 0) is 33.1 Å². The number of hydrogen-bond acceptors (Lipinski definition) is 5. The predicted molar refractivity (Wildman–Crippen MR) is 113 cm³/mol. The molecule has 1 amide bonds. The molecular formula is C19H35N5O2S. The van der Waals surface area contributed by atoms with E-state index in [1.807, 2.05) is 27.7 Å². The van der Waals surface area contributed by atoms with Gasteiger partial charge in [0.2, 0.25) is 0 Å². The number of aromatic nitrogens is 1. The van der Waals surface area contributed by atoms with Crippen LogP contribution < -0.4 is 10.6 Å². The smallest absolute Gasteiger partial charge is 0.410 e. The second kappa shape index (κ2) is 11.1. The first-order chi connectivity index (χ1) is 12.7. The maximum absolute atomic E-state index is 12.3. The van der Waals surface area contributed by atoms with Crippen LogP contribution in [0, 0.1) is 0 Å². The normalized spacial score (nSPS) is 12.2. The van der Waals surface area contributed by atoms with E-state index < -0.39 is 5.60 Å². The molecule has 0 saturated heterocycles. The van der Waals surface area contributed by atoms with Gasteiger partial charge in [-0.15, -0.1) is 11.3 Å². The van der Waals surface area contributed by atoms with E-state index in [2.05, 4.69) is 39.8 Å². The lowest BCUT2D eigenvalue weighted by Crippen LogP contribution is -2.44. The van der Waals surface area contributed by atoms with E-state index in [4.69, 9.17) is 4.74 Å². The minimum atomic E-state index is -0.489. The van der Waals surface area contributed by atoms with Crippen LogP contribution in [0.25, 0.3) is 0 Å². The third-order valence-corrected chi connectivity index (χ3v) is 4.48. The Labute approximate surface area is 167 Å². The average Bonchev–Trinajstić information content (AvgIpc) is 3.04. The molecule has 8 heteroatoms. The molecule has 0 aliphatic heterocycles. The van der Waals surface area contributed by atoms with E-state index >= 15 is 0 Å². The van der Waals surface area contributed by atoms with Crippen molar-refractivity contribution in [3.05, 3.63) is 16.1 Å². The molecule has 27 heavy (non-hydrogen) atoms. The lowest BCUT2D eigenvalue weighted by molar-refractivity contribution is 0.0253. The molecule has 0 bridgehead atoms. The molecule has 0 radical (unpaired) electrons. The second-order valence-corrected chi connectivity index (χ2v) is 8.58. The maximum Gasteiger partial charge on any atom is 0.410 e. The van der Waals surface area contributed by atoms with Crippen molar-refractivity contribution in [3.63, 3.8) is 0 Å². The van der Waals surface area contributed by atoms with Crippen molar-refractivity contribution < 1.29 is 9.53 Å². The van der Waals surface area contributed by atoms with Gasteiger partial charge < -0.3 is 20.3 Å². The number of thiazole rings is 1. The van der Waals surface area contributed by atoms with Gasteiger partial charge in [0, 0.05) is 32.1 Å². The molecule has 0 aromatic carbocycles. The Morgan fingerprint density at radius 2 is 2.04 bits per heavy atom. The third kappa shape index (κ3) is 9.08. The highest BCUT2D eigenvalue weighted by molar-refractivity contribution is 7.09. The summed E-state index contributed by atoms with van der Waals surface area (Å²) in [6, 6.07) is 0. The largest absolute Gasteiger partial charge is 0.444 e. The highest BCUT2D eigenvalue weighted by atomic mass is 32.1. The van der Waals surface area contributed by atoms with Crippen LogP contribution in [0.4, 0.5) is 4.79 Å². The van der Waals surface area contributed by atoms with E-state index in [9.17, 15) is 4.79 Å². The molecule has 0 aliphatic rings. The summed E-state index contributed by atoms with van der Waals surface area (Å²) in [7, 11) is 1.73. The van der Waals surface area contributed by atoms with Gasteiger partial charge in [-0.2, -0.15) is 0 Å². The summed E-state index contributed by atoms with van der Waals surface area (Å²) >= 11 is 1.65. The van der Waals surface area contributed by atoms with Crippen molar-refractivity contribution in [2.24, 2.45) is 4.99 Å². The lowest BCUT2D eigenvalue weighted by atomic mass is 10.2. The Kier molecular flexibility index (Phi) is 9.55. The quantitative estimate of drug-likeness (QED) is 0.518. The van der Waals surface area contributed by atoms with Crippen LogP contribution in [0.5, 0.6) is 0 Å². The number of aliphatic imine (C=N–C) groups is 1. The van der Waals surface area contributed by atoms with Crippen LogP contribution in [0.2, 0.25) is 0 Å². The predicted octanol–water partition coefficient (Wildman–Crippen LogP) is 3.58. The van der Waals surface area contributed by atoms with Gasteiger partial charge in [-0.3, -0.25) is 4.99 Å². The summed E-state index contributed by atoms with van der Waals surface area (Å²) in [5.74, 6) is 1.13. The molecule has 7 nitrogen and oxygen atoms in total. The number of hydrogen-bond donors (Lipinski definition) is 2. The zero-order chi connectivity index (χ0) is 20.4. The van der Waals surface area contributed by atoms with Gasteiger partial charge in [0.25, 0.3) is 0 Å². The monoisotopic (exact) mass is 397 g/mol. The summed E-state index contributed by atoms with van der Waals surface area (Å²) in [5, 5.41) is 9.63. The van der Waals surface area contributed by atoms with E-state index in [1.54, 1.807) is 23.3 Å². The van der Waals surface area contributed by atoms with Crippen molar-refractivity contribution in [1.29, 1.82) is 0 Å². The van der Waals surface area contributed by atoms with Crippen molar-refractivity contribution in [1.82, 2.24) is 20.5 Å². The van der Waals surface area contributed by atoms with Crippen LogP contribution in [0.3, 0.4) is 0 Å². The molecular weight excluding hydrogens is 362 g/mol. The van der Waals surface area contributed by atoms with E-state index in [0.29, 0.717) is 38.1 Å². The first-order valence-electron chi connectivity index (χ1n) is 9.53. The Morgan fingerprint density at radius 1 is 1.33 bits per heavy atom. The van der Waals surface area contributed by atoms with Crippen LogP contribution in [0.15, 0.2) is 10.4 Å². The van der Waals surface area contributed by atoms with E-state index in [0.717, 1.165) is 17.1 Å². The number of guanidine groups is 1. The van der Waals surface area contributed by atoms with Gasteiger partial charge in [0.05, 0.1) is 12.2 Å². The molecule has 1 aromatic rings. The molecule has 0 spiro atoms. The summed E-state index contributed by atoms with van der Waals surface area (Å²) < 4.78 is 5.47. The van der Waals surface area contributed by atoms with E-state index in [1.165, 1.54) is 0 Å². The van der Waals surface area contributed by atoms with Gasteiger partial charge in [0.15, 0.2) is 5.96 Å².